The first-order valence-corrected chi connectivity index (χ1v) is 9.05. The Bertz CT molecular complexity index is 1020. The van der Waals surface area contributed by atoms with Crippen LogP contribution in [0.5, 0.6) is 0 Å². The third kappa shape index (κ3) is 4.08. The number of aromatic nitrogens is 3. The number of hydrogen-bond donors (Lipinski definition) is 2. The molecule has 0 fully saturated rings. The number of nitrogens with zero attached hydrogens (tertiary/aromatic N) is 2. The Morgan fingerprint density at radius 1 is 1.33 bits per heavy atom. The van der Waals surface area contributed by atoms with Gasteiger partial charge in [0.2, 0.25) is 0 Å². The molecular weight excluding hydrogens is 336 g/mol. The van der Waals surface area contributed by atoms with Crippen molar-refractivity contribution in [3.63, 3.8) is 0 Å². The molecule has 0 saturated carbocycles. The summed E-state index contributed by atoms with van der Waals surface area (Å²) in [6.45, 7) is 7.73. The third-order valence-electron chi connectivity index (χ3n) is 4.33. The highest BCUT2D eigenvalue weighted by molar-refractivity contribution is 6.05. The van der Waals surface area contributed by atoms with Gasteiger partial charge in [-0.05, 0) is 43.7 Å². The maximum atomic E-state index is 12.9. The Hall–Kier alpha value is -3.34. The van der Waals surface area contributed by atoms with Crippen molar-refractivity contribution >= 4 is 28.2 Å². The number of fused-ring (bicyclic) bond motifs is 1. The van der Waals surface area contributed by atoms with Crippen LogP contribution in [0.3, 0.4) is 0 Å². The van der Waals surface area contributed by atoms with Crippen LogP contribution in [0, 0.1) is 0 Å². The van der Waals surface area contributed by atoms with E-state index in [1.807, 2.05) is 60.3 Å². The van der Waals surface area contributed by atoms with E-state index in [2.05, 4.69) is 28.9 Å². The zero-order valence-electron chi connectivity index (χ0n) is 15.7. The molecule has 0 radical (unpaired) electrons. The number of carbonyl (C=O) groups excluding carboxylic acids is 1. The lowest BCUT2D eigenvalue weighted by atomic mass is 10.1. The fraction of sp³-hybridized carbons (Fsp3) is 0.182. The van der Waals surface area contributed by atoms with Crippen LogP contribution in [0.25, 0.3) is 16.6 Å². The second kappa shape index (κ2) is 8.36. The van der Waals surface area contributed by atoms with Gasteiger partial charge < -0.3 is 10.3 Å². The topological polar surface area (TPSA) is 62.7 Å². The molecule has 0 aliphatic carbocycles. The van der Waals surface area contributed by atoms with Gasteiger partial charge in [-0.1, -0.05) is 38.2 Å². The number of anilines is 1. The Morgan fingerprint density at radius 3 is 2.96 bits per heavy atom. The van der Waals surface area contributed by atoms with Crippen LogP contribution in [0.15, 0.2) is 67.5 Å². The SMILES string of the molecule is C=C/C=C\C=C(/C)n1ncc(C(=O)Nc2ccc3[nH]ccc3c2)c1CCC. The van der Waals surface area contributed by atoms with E-state index in [4.69, 9.17) is 0 Å². The lowest BCUT2D eigenvalue weighted by Crippen LogP contribution is -2.14. The summed E-state index contributed by atoms with van der Waals surface area (Å²) in [5, 5.41) is 8.49. The van der Waals surface area contributed by atoms with Gasteiger partial charge in [0.15, 0.2) is 0 Å². The highest BCUT2D eigenvalue weighted by Gasteiger charge is 2.18. The fourth-order valence-corrected chi connectivity index (χ4v) is 3.02. The van der Waals surface area contributed by atoms with E-state index >= 15 is 0 Å². The lowest BCUT2D eigenvalue weighted by molar-refractivity contribution is 0.102. The molecular formula is C22H24N4O. The van der Waals surface area contributed by atoms with E-state index in [1.165, 1.54) is 0 Å². The van der Waals surface area contributed by atoms with Gasteiger partial charge in [-0.15, -0.1) is 0 Å². The molecule has 0 atom stereocenters. The second-order valence-corrected chi connectivity index (χ2v) is 6.33. The van der Waals surface area contributed by atoms with Crippen molar-refractivity contribution in [3.8, 4) is 0 Å². The number of hydrogen-bond acceptors (Lipinski definition) is 2. The maximum Gasteiger partial charge on any atom is 0.259 e. The Labute approximate surface area is 159 Å². The summed E-state index contributed by atoms with van der Waals surface area (Å²) in [6.07, 6.45) is 12.7. The molecule has 0 aliphatic rings. The minimum atomic E-state index is -0.144. The molecule has 0 aliphatic heterocycles. The molecule has 0 bridgehead atoms. The highest BCUT2D eigenvalue weighted by Crippen LogP contribution is 2.21. The molecule has 5 heteroatoms. The average molecular weight is 360 g/mol. The van der Waals surface area contributed by atoms with Crippen LogP contribution in [0.2, 0.25) is 0 Å². The standard InChI is InChI=1S/C22H24N4O/c1-4-6-7-9-16(3)26-21(8-5-2)19(15-24-26)22(27)25-18-10-11-20-17(14-18)12-13-23-20/h4,6-7,9-15,23H,1,5,8H2,2-3H3,(H,25,27)/b7-6-,16-9+. The van der Waals surface area contributed by atoms with Crippen LogP contribution in [0.4, 0.5) is 5.69 Å². The minimum absolute atomic E-state index is 0.144. The molecule has 0 unspecified atom stereocenters. The summed E-state index contributed by atoms with van der Waals surface area (Å²) >= 11 is 0. The van der Waals surface area contributed by atoms with Crippen molar-refractivity contribution < 1.29 is 4.79 Å². The number of nitrogens with one attached hydrogen (secondary N) is 2. The molecule has 2 heterocycles. The summed E-state index contributed by atoms with van der Waals surface area (Å²) < 4.78 is 1.83. The molecule has 2 aromatic heterocycles. The smallest absolute Gasteiger partial charge is 0.259 e. The van der Waals surface area contributed by atoms with Gasteiger partial charge in [-0.25, -0.2) is 4.68 Å². The molecule has 1 aromatic carbocycles. The Balaban J connectivity index is 1.88. The van der Waals surface area contributed by atoms with Gasteiger partial charge in [-0.3, -0.25) is 4.79 Å². The van der Waals surface area contributed by atoms with E-state index in [9.17, 15) is 4.79 Å². The molecule has 2 N–H and O–H groups in total. The summed E-state index contributed by atoms with van der Waals surface area (Å²) in [7, 11) is 0. The second-order valence-electron chi connectivity index (χ2n) is 6.33. The summed E-state index contributed by atoms with van der Waals surface area (Å²) in [6, 6.07) is 7.79. The predicted molar refractivity (Wildman–Crippen MR) is 112 cm³/mol. The van der Waals surface area contributed by atoms with E-state index < -0.39 is 0 Å². The van der Waals surface area contributed by atoms with Gasteiger partial charge in [-0.2, -0.15) is 5.10 Å². The summed E-state index contributed by atoms with van der Waals surface area (Å²) in [5.74, 6) is -0.144. The molecule has 5 nitrogen and oxygen atoms in total. The molecule has 138 valence electrons. The van der Waals surface area contributed by atoms with Crippen LogP contribution < -0.4 is 5.32 Å². The zero-order valence-corrected chi connectivity index (χ0v) is 15.7. The number of carbonyl (C=O) groups is 1. The van der Waals surface area contributed by atoms with Crippen LogP contribution in [-0.2, 0) is 6.42 Å². The van der Waals surface area contributed by atoms with Crippen molar-refractivity contribution in [2.75, 3.05) is 5.32 Å². The lowest BCUT2D eigenvalue weighted by Gasteiger charge is -2.10. The normalized spacial score (nSPS) is 12.0. The third-order valence-corrected chi connectivity index (χ3v) is 4.33. The van der Waals surface area contributed by atoms with Crippen LogP contribution in [0.1, 0.15) is 36.3 Å². The number of amides is 1. The molecule has 0 spiro atoms. The maximum absolute atomic E-state index is 12.9. The molecule has 0 saturated heterocycles. The first kappa shape index (κ1) is 18.5. The first-order chi connectivity index (χ1) is 13.1. The highest BCUT2D eigenvalue weighted by atomic mass is 16.1. The largest absolute Gasteiger partial charge is 0.361 e. The van der Waals surface area contributed by atoms with Gasteiger partial charge in [0, 0.05) is 28.5 Å². The van der Waals surface area contributed by atoms with Crippen LogP contribution in [-0.4, -0.2) is 20.7 Å². The van der Waals surface area contributed by atoms with Crippen molar-refractivity contribution in [3.05, 3.63) is 78.8 Å². The van der Waals surface area contributed by atoms with Crippen molar-refractivity contribution in [2.24, 2.45) is 0 Å². The van der Waals surface area contributed by atoms with Crippen molar-refractivity contribution in [1.82, 2.24) is 14.8 Å². The Morgan fingerprint density at radius 2 is 2.19 bits per heavy atom. The predicted octanol–water partition coefficient (Wildman–Crippen LogP) is 5.17. The first-order valence-electron chi connectivity index (χ1n) is 9.05. The zero-order chi connectivity index (χ0) is 19.2. The van der Waals surface area contributed by atoms with E-state index in [-0.39, 0.29) is 5.91 Å². The number of rotatable bonds is 7. The number of allylic oxidation sites excluding steroid dienone is 5. The minimum Gasteiger partial charge on any atom is -0.361 e. The van der Waals surface area contributed by atoms with E-state index in [0.29, 0.717) is 5.56 Å². The number of aromatic amines is 1. The summed E-state index contributed by atoms with van der Waals surface area (Å²) in [4.78, 5) is 16.0. The molecule has 3 rings (SSSR count). The number of benzene rings is 1. The van der Waals surface area contributed by atoms with E-state index in [0.717, 1.165) is 40.8 Å². The monoisotopic (exact) mass is 360 g/mol. The molecule has 3 aromatic rings. The van der Waals surface area contributed by atoms with Crippen molar-refractivity contribution in [2.45, 2.75) is 26.7 Å². The molecule has 1 amide bonds. The average Bonchev–Trinajstić information content (AvgIpc) is 3.28. The quantitative estimate of drug-likeness (QED) is 0.571. The number of H-pyrrole nitrogens is 1. The van der Waals surface area contributed by atoms with E-state index in [1.54, 1.807) is 12.3 Å². The summed E-state index contributed by atoms with van der Waals surface area (Å²) in [5.41, 5.74) is 4.28. The van der Waals surface area contributed by atoms with Gasteiger partial charge in [0.05, 0.1) is 17.5 Å². The molecule has 27 heavy (non-hydrogen) atoms. The van der Waals surface area contributed by atoms with Crippen molar-refractivity contribution in [1.29, 1.82) is 0 Å². The Kier molecular flexibility index (Phi) is 5.71. The van der Waals surface area contributed by atoms with Crippen LogP contribution >= 0.6 is 0 Å². The van der Waals surface area contributed by atoms with Gasteiger partial charge in [0.25, 0.3) is 5.91 Å². The van der Waals surface area contributed by atoms with Gasteiger partial charge in [0.1, 0.15) is 0 Å². The fourth-order valence-electron chi connectivity index (χ4n) is 3.02. The van der Waals surface area contributed by atoms with Gasteiger partial charge >= 0.3 is 0 Å².